The molecule has 1 aliphatic heterocycles. The van der Waals surface area contributed by atoms with Gasteiger partial charge in [0.1, 0.15) is 17.1 Å². The van der Waals surface area contributed by atoms with Crippen molar-refractivity contribution in [1.82, 2.24) is 15.1 Å². The third-order valence-electron chi connectivity index (χ3n) is 6.25. The summed E-state index contributed by atoms with van der Waals surface area (Å²) in [6, 6.07) is 12.6. The lowest BCUT2D eigenvalue weighted by atomic mass is 9.95. The minimum Gasteiger partial charge on any atom is -0.507 e. The summed E-state index contributed by atoms with van der Waals surface area (Å²) in [5.41, 5.74) is 3.33. The molecule has 0 saturated carbocycles. The molecule has 1 aromatic heterocycles. The molecule has 4 rings (SSSR count). The van der Waals surface area contributed by atoms with Crippen molar-refractivity contribution >= 4 is 5.91 Å². The first kappa shape index (κ1) is 23.7. The van der Waals surface area contributed by atoms with Crippen molar-refractivity contribution in [3.05, 3.63) is 59.3 Å². The Hall–Kier alpha value is -3.48. The van der Waals surface area contributed by atoms with Crippen molar-refractivity contribution < 1.29 is 19.4 Å². The fraction of sp³-hybridized carbons (Fsp3) is 0.407. The van der Waals surface area contributed by atoms with E-state index in [0.29, 0.717) is 41.6 Å². The Labute approximate surface area is 200 Å². The Bertz CT molecular complexity index is 1140. The molecular weight excluding hydrogens is 430 g/mol. The molecule has 0 radical (unpaired) electrons. The molecule has 3 aromatic rings. The van der Waals surface area contributed by atoms with E-state index in [0.717, 1.165) is 30.4 Å². The highest BCUT2D eigenvalue weighted by Gasteiger charge is 2.42. The number of unbranched alkanes of at least 4 members (excludes halogenated alkanes) is 3. The average Bonchev–Trinajstić information content (AvgIpc) is 3.39. The average molecular weight is 464 g/mol. The molecule has 1 aliphatic rings. The molecule has 2 aromatic carbocycles. The zero-order valence-corrected chi connectivity index (χ0v) is 20.1. The molecule has 2 heterocycles. The Morgan fingerprint density at radius 1 is 1.06 bits per heavy atom. The van der Waals surface area contributed by atoms with Crippen molar-refractivity contribution in [3.8, 4) is 28.5 Å². The van der Waals surface area contributed by atoms with Gasteiger partial charge in [-0.05, 0) is 42.7 Å². The predicted molar refractivity (Wildman–Crippen MR) is 131 cm³/mol. The number of methoxy groups -OCH3 is 1. The van der Waals surface area contributed by atoms with Crippen molar-refractivity contribution in [3.63, 3.8) is 0 Å². The summed E-state index contributed by atoms with van der Waals surface area (Å²) in [6.45, 7) is 5.48. The first-order chi connectivity index (χ1) is 16.6. The van der Waals surface area contributed by atoms with Crippen LogP contribution in [0.4, 0.5) is 0 Å². The van der Waals surface area contributed by atoms with Gasteiger partial charge in [0.05, 0.1) is 19.8 Å². The standard InChI is InChI=1S/C27H33N3O4/c1-4-6-7-10-16-34-21-14-13-18(17-22(21)33-3)26-23-24(19-11-8-9-12-20(19)31)28-29-25(23)27(32)30(26)15-5-2/h8-9,11-14,17,26,31H,4-7,10,15-16H2,1-3H3,(H,28,29)/t26-/m1/s1. The van der Waals surface area contributed by atoms with Gasteiger partial charge in [-0.2, -0.15) is 5.10 Å². The van der Waals surface area contributed by atoms with Crippen LogP contribution in [0.25, 0.3) is 11.3 Å². The maximum atomic E-state index is 13.3. The van der Waals surface area contributed by atoms with E-state index in [1.54, 1.807) is 19.2 Å². The van der Waals surface area contributed by atoms with Crippen molar-refractivity contribution in [2.45, 2.75) is 52.0 Å². The fourth-order valence-corrected chi connectivity index (χ4v) is 4.58. The van der Waals surface area contributed by atoms with E-state index in [9.17, 15) is 9.90 Å². The van der Waals surface area contributed by atoms with Crippen LogP contribution in [-0.2, 0) is 0 Å². The van der Waals surface area contributed by atoms with Crippen LogP contribution in [0.3, 0.4) is 0 Å². The Morgan fingerprint density at radius 3 is 2.62 bits per heavy atom. The molecule has 1 atom stereocenters. The van der Waals surface area contributed by atoms with Gasteiger partial charge in [-0.3, -0.25) is 9.89 Å². The lowest BCUT2D eigenvalue weighted by Gasteiger charge is -2.26. The molecule has 2 N–H and O–H groups in total. The van der Waals surface area contributed by atoms with Crippen LogP contribution in [0, 0.1) is 0 Å². The number of hydrogen-bond donors (Lipinski definition) is 2. The fourth-order valence-electron chi connectivity index (χ4n) is 4.58. The third-order valence-corrected chi connectivity index (χ3v) is 6.25. The monoisotopic (exact) mass is 463 g/mol. The maximum absolute atomic E-state index is 13.3. The summed E-state index contributed by atoms with van der Waals surface area (Å²) >= 11 is 0. The second-order valence-electron chi connectivity index (χ2n) is 8.60. The topological polar surface area (TPSA) is 87.7 Å². The molecule has 0 spiro atoms. The number of aromatic hydroxyl groups is 1. The van der Waals surface area contributed by atoms with Gasteiger partial charge in [-0.1, -0.05) is 51.3 Å². The minimum atomic E-state index is -0.344. The van der Waals surface area contributed by atoms with Crippen LogP contribution >= 0.6 is 0 Å². The quantitative estimate of drug-likeness (QED) is 0.356. The summed E-state index contributed by atoms with van der Waals surface area (Å²) in [5.74, 6) is 1.37. The number of phenolic OH excluding ortho intramolecular Hbond substituents is 1. The molecule has 7 nitrogen and oxygen atoms in total. The molecule has 180 valence electrons. The number of para-hydroxylation sites is 1. The Morgan fingerprint density at radius 2 is 1.88 bits per heavy atom. The summed E-state index contributed by atoms with van der Waals surface area (Å²) in [5, 5.41) is 17.8. The highest BCUT2D eigenvalue weighted by atomic mass is 16.5. The van der Waals surface area contributed by atoms with Crippen LogP contribution in [-0.4, -0.2) is 46.4 Å². The number of H-pyrrole nitrogens is 1. The number of aromatic amines is 1. The van der Waals surface area contributed by atoms with Gasteiger partial charge in [0.15, 0.2) is 11.5 Å². The normalized spacial score (nSPS) is 15.0. The molecular formula is C27H33N3O4. The van der Waals surface area contributed by atoms with Gasteiger partial charge < -0.3 is 19.5 Å². The van der Waals surface area contributed by atoms with Gasteiger partial charge in [-0.25, -0.2) is 0 Å². The van der Waals surface area contributed by atoms with Crippen molar-refractivity contribution in [2.75, 3.05) is 20.3 Å². The van der Waals surface area contributed by atoms with Gasteiger partial charge in [-0.15, -0.1) is 0 Å². The number of carbonyl (C=O) groups excluding carboxylic acids is 1. The number of fused-ring (bicyclic) bond motifs is 1. The van der Waals surface area contributed by atoms with E-state index in [1.165, 1.54) is 12.8 Å². The number of rotatable bonds is 11. The number of carbonyl (C=O) groups is 1. The van der Waals surface area contributed by atoms with E-state index < -0.39 is 0 Å². The summed E-state index contributed by atoms with van der Waals surface area (Å²) < 4.78 is 11.7. The zero-order chi connectivity index (χ0) is 24.1. The first-order valence-corrected chi connectivity index (χ1v) is 12.1. The summed E-state index contributed by atoms with van der Waals surface area (Å²) in [4.78, 5) is 15.1. The summed E-state index contributed by atoms with van der Waals surface area (Å²) in [7, 11) is 1.63. The van der Waals surface area contributed by atoms with E-state index in [4.69, 9.17) is 9.47 Å². The lowest BCUT2D eigenvalue weighted by Crippen LogP contribution is -2.30. The van der Waals surface area contributed by atoms with Gasteiger partial charge in [0.2, 0.25) is 0 Å². The Kier molecular flexibility index (Phi) is 7.40. The number of nitrogens with one attached hydrogen (secondary N) is 1. The molecule has 0 fully saturated rings. The number of phenols is 1. The molecule has 0 aliphatic carbocycles. The molecule has 0 saturated heterocycles. The molecule has 1 amide bonds. The van der Waals surface area contributed by atoms with Gasteiger partial charge in [0.25, 0.3) is 5.91 Å². The third kappa shape index (κ3) is 4.47. The smallest absolute Gasteiger partial charge is 0.273 e. The van der Waals surface area contributed by atoms with Crippen molar-refractivity contribution in [2.24, 2.45) is 0 Å². The molecule has 7 heteroatoms. The Balaban J connectivity index is 1.71. The van der Waals surface area contributed by atoms with Crippen molar-refractivity contribution in [1.29, 1.82) is 0 Å². The van der Waals surface area contributed by atoms with E-state index in [2.05, 4.69) is 24.0 Å². The number of amides is 1. The number of nitrogens with zero attached hydrogens (tertiary/aromatic N) is 2. The van der Waals surface area contributed by atoms with Crippen LogP contribution in [0.5, 0.6) is 17.2 Å². The van der Waals surface area contributed by atoms with Gasteiger partial charge >= 0.3 is 0 Å². The largest absolute Gasteiger partial charge is 0.507 e. The number of aromatic nitrogens is 2. The first-order valence-electron chi connectivity index (χ1n) is 12.1. The van der Waals surface area contributed by atoms with E-state index >= 15 is 0 Å². The zero-order valence-electron chi connectivity index (χ0n) is 20.1. The number of benzene rings is 2. The van der Waals surface area contributed by atoms with Crippen LogP contribution < -0.4 is 9.47 Å². The lowest BCUT2D eigenvalue weighted by molar-refractivity contribution is 0.0743. The second kappa shape index (κ2) is 10.6. The minimum absolute atomic E-state index is 0.0914. The molecule has 0 bridgehead atoms. The van der Waals surface area contributed by atoms with Crippen LogP contribution in [0.1, 0.15) is 73.6 Å². The summed E-state index contributed by atoms with van der Waals surface area (Å²) in [6.07, 6.45) is 5.36. The number of ether oxygens (including phenoxy) is 2. The number of hydrogen-bond acceptors (Lipinski definition) is 5. The molecule has 0 unspecified atom stereocenters. The van der Waals surface area contributed by atoms with E-state index in [-0.39, 0.29) is 17.7 Å². The van der Waals surface area contributed by atoms with Gasteiger partial charge in [0, 0.05) is 17.7 Å². The highest BCUT2D eigenvalue weighted by molar-refractivity contribution is 6.00. The second-order valence-corrected chi connectivity index (χ2v) is 8.60. The van der Waals surface area contributed by atoms with E-state index in [1.807, 2.05) is 35.2 Å². The maximum Gasteiger partial charge on any atom is 0.273 e. The SMILES string of the molecule is CCCCCCOc1ccc([C@@H]2c3c(-c4ccccc4O)n[nH]c3C(=O)N2CCC)cc1OC. The van der Waals surface area contributed by atoms with Crippen LogP contribution in [0.2, 0.25) is 0 Å². The predicted octanol–water partition coefficient (Wildman–Crippen LogP) is 5.71. The van der Waals surface area contributed by atoms with Crippen LogP contribution in [0.15, 0.2) is 42.5 Å². The highest BCUT2D eigenvalue weighted by Crippen LogP contribution is 2.45. The molecule has 34 heavy (non-hydrogen) atoms.